The largest absolute Gasteiger partial charge is 0.490 e. The first kappa shape index (κ1) is 15.8. The molecule has 3 nitrogen and oxygen atoms in total. The van der Waals surface area contributed by atoms with E-state index in [0.717, 1.165) is 22.3 Å². The minimum atomic E-state index is -0.325. The summed E-state index contributed by atoms with van der Waals surface area (Å²) in [5.74, 6) is 0.945. The monoisotopic (exact) mass is 353 g/mol. The Hall–Kier alpha value is -1.59. The Labute approximate surface area is 132 Å². The Bertz CT molecular complexity index is 592. The summed E-state index contributed by atoms with van der Waals surface area (Å²) in [6.07, 6.45) is 0. The van der Waals surface area contributed by atoms with E-state index in [1.807, 2.05) is 31.3 Å². The first-order valence-electron chi connectivity index (χ1n) is 6.63. The zero-order valence-corrected chi connectivity index (χ0v) is 13.3. The van der Waals surface area contributed by atoms with E-state index in [2.05, 4.69) is 21.2 Å². The standard InChI is InChI=1S/C16H17BrFNO2/c1-19-11-12-3-2-4-14(9-12)20-7-8-21-16-10-13(18)5-6-15(16)17/h2-6,9-10,19H,7-8,11H2,1H3. The van der Waals surface area contributed by atoms with E-state index < -0.39 is 0 Å². The SMILES string of the molecule is CNCc1cccc(OCCOc2cc(F)ccc2Br)c1. The van der Waals surface area contributed by atoms with Crippen LogP contribution in [0.5, 0.6) is 11.5 Å². The summed E-state index contributed by atoms with van der Waals surface area (Å²) in [6.45, 7) is 1.54. The van der Waals surface area contributed by atoms with Crippen molar-refractivity contribution in [2.75, 3.05) is 20.3 Å². The van der Waals surface area contributed by atoms with Crippen molar-refractivity contribution in [3.63, 3.8) is 0 Å². The van der Waals surface area contributed by atoms with E-state index in [4.69, 9.17) is 9.47 Å². The van der Waals surface area contributed by atoms with Gasteiger partial charge in [0.15, 0.2) is 0 Å². The molecule has 2 aromatic carbocycles. The smallest absolute Gasteiger partial charge is 0.136 e. The van der Waals surface area contributed by atoms with E-state index in [1.165, 1.54) is 12.1 Å². The van der Waals surface area contributed by atoms with Crippen LogP contribution >= 0.6 is 15.9 Å². The summed E-state index contributed by atoms with van der Waals surface area (Å²) in [5.41, 5.74) is 1.16. The fourth-order valence-corrected chi connectivity index (χ4v) is 2.21. The van der Waals surface area contributed by atoms with Crippen LogP contribution in [0.4, 0.5) is 4.39 Å². The average molecular weight is 354 g/mol. The molecule has 112 valence electrons. The maximum atomic E-state index is 13.1. The van der Waals surface area contributed by atoms with E-state index in [1.54, 1.807) is 6.07 Å². The summed E-state index contributed by atoms with van der Waals surface area (Å²) in [5, 5.41) is 3.09. The van der Waals surface area contributed by atoms with Gasteiger partial charge in [0.25, 0.3) is 0 Å². The van der Waals surface area contributed by atoms with E-state index in [0.29, 0.717) is 19.0 Å². The van der Waals surface area contributed by atoms with Gasteiger partial charge in [0, 0.05) is 12.6 Å². The summed E-state index contributed by atoms with van der Waals surface area (Å²) in [7, 11) is 1.90. The second-order valence-electron chi connectivity index (χ2n) is 4.45. The first-order valence-corrected chi connectivity index (χ1v) is 7.42. The van der Waals surface area contributed by atoms with Crippen molar-refractivity contribution >= 4 is 15.9 Å². The summed E-state index contributed by atoms with van der Waals surface area (Å²) in [4.78, 5) is 0. The summed E-state index contributed by atoms with van der Waals surface area (Å²) >= 11 is 3.31. The molecule has 0 saturated carbocycles. The Balaban J connectivity index is 1.81. The lowest BCUT2D eigenvalue weighted by atomic mass is 10.2. The molecule has 0 heterocycles. The molecule has 0 atom stereocenters. The van der Waals surface area contributed by atoms with Crippen LogP contribution in [-0.2, 0) is 6.54 Å². The van der Waals surface area contributed by atoms with Crippen molar-refractivity contribution in [1.82, 2.24) is 5.32 Å². The van der Waals surface area contributed by atoms with Gasteiger partial charge in [-0.1, -0.05) is 12.1 Å². The third-order valence-corrected chi connectivity index (χ3v) is 3.44. The lowest BCUT2D eigenvalue weighted by Crippen LogP contribution is -2.10. The third-order valence-electron chi connectivity index (χ3n) is 2.78. The zero-order chi connectivity index (χ0) is 15.1. The number of ether oxygens (including phenoxy) is 2. The predicted octanol–water partition coefficient (Wildman–Crippen LogP) is 3.77. The molecule has 2 rings (SSSR count). The summed E-state index contributed by atoms with van der Waals surface area (Å²) in [6, 6.07) is 12.2. The summed E-state index contributed by atoms with van der Waals surface area (Å²) < 4.78 is 24.9. The lowest BCUT2D eigenvalue weighted by Gasteiger charge is -2.10. The second kappa shape index (κ2) is 8.00. The first-order chi connectivity index (χ1) is 10.2. The molecule has 0 aliphatic heterocycles. The van der Waals surface area contributed by atoms with Crippen molar-refractivity contribution in [2.24, 2.45) is 0 Å². The van der Waals surface area contributed by atoms with Gasteiger partial charge in [0.2, 0.25) is 0 Å². The average Bonchev–Trinajstić information content (AvgIpc) is 2.48. The Kier molecular flexibility index (Phi) is 6.02. The van der Waals surface area contributed by atoms with Gasteiger partial charge in [-0.2, -0.15) is 0 Å². The molecule has 2 aromatic rings. The maximum Gasteiger partial charge on any atom is 0.136 e. The van der Waals surface area contributed by atoms with Crippen LogP contribution in [0, 0.1) is 5.82 Å². The minimum absolute atomic E-state index is 0.325. The molecule has 0 aromatic heterocycles. The fourth-order valence-electron chi connectivity index (χ4n) is 1.85. The van der Waals surface area contributed by atoms with Gasteiger partial charge in [-0.05, 0) is 52.8 Å². The van der Waals surface area contributed by atoms with Crippen LogP contribution < -0.4 is 14.8 Å². The molecular weight excluding hydrogens is 337 g/mol. The second-order valence-corrected chi connectivity index (χ2v) is 5.30. The molecule has 5 heteroatoms. The number of rotatable bonds is 7. The molecule has 0 fully saturated rings. The van der Waals surface area contributed by atoms with Gasteiger partial charge < -0.3 is 14.8 Å². The Morgan fingerprint density at radius 2 is 1.90 bits per heavy atom. The van der Waals surface area contributed by atoms with Gasteiger partial charge in [-0.15, -0.1) is 0 Å². The molecule has 0 radical (unpaired) electrons. The highest BCUT2D eigenvalue weighted by Gasteiger charge is 2.03. The highest BCUT2D eigenvalue weighted by molar-refractivity contribution is 9.10. The van der Waals surface area contributed by atoms with Crippen molar-refractivity contribution in [3.05, 3.63) is 58.3 Å². The molecular formula is C16H17BrFNO2. The van der Waals surface area contributed by atoms with Gasteiger partial charge in [-0.25, -0.2) is 4.39 Å². The highest BCUT2D eigenvalue weighted by atomic mass is 79.9. The topological polar surface area (TPSA) is 30.5 Å². The van der Waals surface area contributed by atoms with Crippen molar-refractivity contribution in [2.45, 2.75) is 6.54 Å². The number of nitrogens with one attached hydrogen (secondary N) is 1. The lowest BCUT2D eigenvalue weighted by molar-refractivity contribution is 0.215. The quantitative estimate of drug-likeness (QED) is 0.768. The van der Waals surface area contributed by atoms with Gasteiger partial charge in [0.05, 0.1) is 4.47 Å². The van der Waals surface area contributed by atoms with Gasteiger partial charge >= 0.3 is 0 Å². The molecule has 1 N–H and O–H groups in total. The van der Waals surface area contributed by atoms with Crippen molar-refractivity contribution < 1.29 is 13.9 Å². The van der Waals surface area contributed by atoms with E-state index in [-0.39, 0.29) is 5.82 Å². The van der Waals surface area contributed by atoms with Crippen molar-refractivity contribution in [1.29, 1.82) is 0 Å². The number of hydrogen-bond donors (Lipinski definition) is 1. The normalized spacial score (nSPS) is 10.4. The molecule has 0 spiro atoms. The molecule has 0 unspecified atom stereocenters. The maximum absolute atomic E-state index is 13.1. The number of halogens is 2. The van der Waals surface area contributed by atoms with Crippen LogP contribution in [0.1, 0.15) is 5.56 Å². The van der Waals surface area contributed by atoms with Gasteiger partial charge in [0.1, 0.15) is 30.5 Å². The molecule has 0 aliphatic carbocycles. The van der Waals surface area contributed by atoms with E-state index in [9.17, 15) is 4.39 Å². The molecule has 0 aliphatic rings. The van der Waals surface area contributed by atoms with Crippen LogP contribution in [0.3, 0.4) is 0 Å². The van der Waals surface area contributed by atoms with Crippen LogP contribution in [-0.4, -0.2) is 20.3 Å². The Morgan fingerprint density at radius 3 is 2.71 bits per heavy atom. The zero-order valence-electron chi connectivity index (χ0n) is 11.7. The molecule has 0 amide bonds. The molecule has 0 saturated heterocycles. The molecule has 21 heavy (non-hydrogen) atoms. The number of benzene rings is 2. The van der Waals surface area contributed by atoms with Crippen LogP contribution in [0.25, 0.3) is 0 Å². The van der Waals surface area contributed by atoms with Crippen LogP contribution in [0.2, 0.25) is 0 Å². The van der Waals surface area contributed by atoms with E-state index >= 15 is 0 Å². The fraction of sp³-hybridized carbons (Fsp3) is 0.250. The Morgan fingerprint density at radius 1 is 1.10 bits per heavy atom. The predicted molar refractivity (Wildman–Crippen MR) is 84.3 cm³/mol. The number of hydrogen-bond acceptors (Lipinski definition) is 3. The minimum Gasteiger partial charge on any atom is -0.490 e. The molecule has 0 bridgehead atoms. The van der Waals surface area contributed by atoms with Crippen LogP contribution in [0.15, 0.2) is 46.9 Å². The highest BCUT2D eigenvalue weighted by Crippen LogP contribution is 2.25. The van der Waals surface area contributed by atoms with Gasteiger partial charge in [-0.3, -0.25) is 0 Å². The van der Waals surface area contributed by atoms with Crippen molar-refractivity contribution in [3.8, 4) is 11.5 Å². The third kappa shape index (κ3) is 5.02.